The first-order chi connectivity index (χ1) is 16.1. The fourth-order valence-electron chi connectivity index (χ4n) is 5.14. The van der Waals surface area contributed by atoms with Gasteiger partial charge in [0.1, 0.15) is 17.6 Å². The minimum Gasteiger partial charge on any atom is -0.492 e. The minimum atomic E-state index is -0.334. The van der Waals surface area contributed by atoms with E-state index in [0.29, 0.717) is 29.9 Å². The topological polar surface area (TPSA) is 95.5 Å². The van der Waals surface area contributed by atoms with E-state index >= 15 is 0 Å². The number of pyridine rings is 2. The maximum absolute atomic E-state index is 11.7. The quantitative estimate of drug-likeness (QED) is 0.613. The Morgan fingerprint density at radius 3 is 2.91 bits per heavy atom. The van der Waals surface area contributed by atoms with E-state index in [4.69, 9.17) is 16.1 Å². The fraction of sp³-hybridized carbons (Fsp3) is 0.360. The van der Waals surface area contributed by atoms with Crippen LogP contribution in [0.25, 0.3) is 16.6 Å². The van der Waals surface area contributed by atoms with Gasteiger partial charge in [0.25, 0.3) is 5.91 Å². The molecular weight excluding hydrogens is 416 g/mol. The molecule has 5 heterocycles. The van der Waals surface area contributed by atoms with Gasteiger partial charge in [-0.05, 0) is 56.2 Å². The van der Waals surface area contributed by atoms with Crippen molar-refractivity contribution in [2.45, 2.75) is 38.3 Å². The van der Waals surface area contributed by atoms with Gasteiger partial charge in [0.05, 0.1) is 30.1 Å². The number of fused-ring (bicyclic) bond motifs is 4. The third-order valence-corrected chi connectivity index (χ3v) is 6.66. The summed E-state index contributed by atoms with van der Waals surface area (Å²) in [6, 6.07) is 8.66. The largest absolute Gasteiger partial charge is 0.492 e. The third-order valence-electron chi connectivity index (χ3n) is 6.66. The van der Waals surface area contributed by atoms with Crippen molar-refractivity contribution in [3.05, 3.63) is 42.4 Å². The van der Waals surface area contributed by atoms with Crippen LogP contribution in [0.3, 0.4) is 0 Å². The number of piperidine rings is 2. The number of carbonyl (C=O) groups excluding carboxylic acids is 1. The van der Waals surface area contributed by atoms with Gasteiger partial charge in [0.2, 0.25) is 0 Å². The lowest BCUT2D eigenvalue weighted by Gasteiger charge is -2.50. The Kier molecular flexibility index (Phi) is 5.35. The highest BCUT2D eigenvalue weighted by molar-refractivity contribution is 5.93. The first kappa shape index (κ1) is 20.8. The number of hydrogen-bond acceptors (Lipinski definition) is 6. The summed E-state index contributed by atoms with van der Waals surface area (Å²) in [5.74, 6) is 3.79. The van der Waals surface area contributed by atoms with Crippen LogP contribution in [0.15, 0.2) is 36.8 Å². The van der Waals surface area contributed by atoms with E-state index in [2.05, 4.69) is 27.3 Å². The van der Waals surface area contributed by atoms with E-state index < -0.39 is 0 Å². The summed E-state index contributed by atoms with van der Waals surface area (Å²) in [4.78, 5) is 18.8. The first-order valence-electron chi connectivity index (χ1n) is 11.2. The zero-order chi connectivity index (χ0) is 22.9. The molecule has 0 spiro atoms. The van der Waals surface area contributed by atoms with Gasteiger partial charge in [0.15, 0.2) is 0 Å². The normalized spacial score (nSPS) is 21.4. The van der Waals surface area contributed by atoms with Crippen molar-refractivity contribution in [1.82, 2.24) is 19.9 Å². The highest BCUT2D eigenvalue weighted by Gasteiger charge is 2.41. The van der Waals surface area contributed by atoms with E-state index in [0.717, 1.165) is 48.3 Å². The Bertz CT molecular complexity index is 1280. The molecule has 2 saturated heterocycles. The predicted octanol–water partition coefficient (Wildman–Crippen LogP) is 2.77. The second-order valence-corrected chi connectivity index (χ2v) is 8.49. The monoisotopic (exact) mass is 440 g/mol. The molecule has 3 unspecified atom stereocenters. The van der Waals surface area contributed by atoms with Crippen molar-refractivity contribution >= 4 is 17.2 Å². The fourth-order valence-corrected chi connectivity index (χ4v) is 5.14. The van der Waals surface area contributed by atoms with Gasteiger partial charge in [-0.25, -0.2) is 9.50 Å². The summed E-state index contributed by atoms with van der Waals surface area (Å²) >= 11 is 0. The molecule has 8 heteroatoms. The van der Waals surface area contributed by atoms with E-state index in [-0.39, 0.29) is 11.9 Å². The lowest BCUT2D eigenvalue weighted by atomic mass is 9.76. The second-order valence-electron chi connectivity index (χ2n) is 8.49. The molecule has 3 fully saturated rings. The standard InChI is InChI=1S/C25H24N6O2/c1-3-24(32)29-22-9-19-7-5-17(22)14-30(19)23-8-6-16(12-27-23)21-10-20(33-4-2)15-31-25(21)18(11-26)13-28-31/h1,6,8,10,12-13,15,17,19,22H,4-5,7,9,14H2,2H3,(H,29,32). The van der Waals surface area contributed by atoms with Gasteiger partial charge in [-0.2, -0.15) is 10.4 Å². The minimum absolute atomic E-state index is 0.128. The lowest BCUT2D eigenvalue weighted by molar-refractivity contribution is -0.117. The zero-order valence-electron chi connectivity index (χ0n) is 18.4. The van der Waals surface area contributed by atoms with Gasteiger partial charge in [-0.3, -0.25) is 4.79 Å². The molecule has 1 N–H and O–H groups in total. The van der Waals surface area contributed by atoms with Gasteiger partial charge in [-0.15, -0.1) is 6.42 Å². The van der Waals surface area contributed by atoms with E-state index in [1.807, 2.05) is 31.3 Å². The van der Waals surface area contributed by atoms with Crippen molar-refractivity contribution in [2.24, 2.45) is 5.92 Å². The van der Waals surface area contributed by atoms with Crippen LogP contribution in [0.5, 0.6) is 5.75 Å². The van der Waals surface area contributed by atoms with Crippen LogP contribution < -0.4 is 15.0 Å². The third kappa shape index (κ3) is 3.74. The van der Waals surface area contributed by atoms with Crippen molar-refractivity contribution < 1.29 is 9.53 Å². The molecular formula is C25H24N6O2. The summed E-state index contributed by atoms with van der Waals surface area (Å²) < 4.78 is 7.38. The Morgan fingerprint density at radius 1 is 1.36 bits per heavy atom. The Balaban J connectivity index is 1.43. The molecule has 1 aliphatic carbocycles. The Morgan fingerprint density at radius 2 is 2.24 bits per heavy atom. The van der Waals surface area contributed by atoms with Crippen LogP contribution in [-0.2, 0) is 4.79 Å². The maximum Gasteiger partial charge on any atom is 0.295 e. The molecule has 166 valence electrons. The van der Waals surface area contributed by atoms with Crippen molar-refractivity contribution in [1.29, 1.82) is 5.26 Å². The number of hydrogen-bond donors (Lipinski definition) is 1. The second kappa shape index (κ2) is 8.48. The molecule has 1 saturated carbocycles. The molecule has 6 rings (SSSR count). The van der Waals surface area contributed by atoms with Crippen LogP contribution in [0, 0.1) is 29.6 Å². The molecule has 0 aromatic carbocycles. The molecule has 3 atom stereocenters. The summed E-state index contributed by atoms with van der Waals surface area (Å²) in [6.07, 6.45) is 13.4. The molecule has 2 aliphatic heterocycles. The molecule has 3 aromatic rings. The number of amides is 1. The van der Waals surface area contributed by atoms with Crippen molar-refractivity contribution in [3.63, 3.8) is 0 Å². The Hall–Kier alpha value is -4.04. The highest BCUT2D eigenvalue weighted by atomic mass is 16.5. The number of carbonyl (C=O) groups is 1. The first-order valence-corrected chi connectivity index (χ1v) is 11.2. The number of nitrogens with one attached hydrogen (secondary N) is 1. The number of nitriles is 1. The van der Waals surface area contributed by atoms with E-state index in [1.165, 1.54) is 0 Å². The smallest absolute Gasteiger partial charge is 0.295 e. The average Bonchev–Trinajstić information content (AvgIpc) is 3.27. The van der Waals surface area contributed by atoms with Crippen LogP contribution in [0.2, 0.25) is 0 Å². The highest BCUT2D eigenvalue weighted by Crippen LogP contribution is 2.38. The van der Waals surface area contributed by atoms with E-state index in [1.54, 1.807) is 16.9 Å². The number of rotatable bonds is 5. The van der Waals surface area contributed by atoms with Gasteiger partial charge in [0, 0.05) is 36.0 Å². The van der Waals surface area contributed by atoms with Crippen LogP contribution in [-0.4, -0.2) is 45.7 Å². The molecule has 33 heavy (non-hydrogen) atoms. The SMILES string of the molecule is C#CC(=O)NC1CC2CCC1CN2c1ccc(-c2cc(OCC)cn3ncc(C#N)c23)cn1. The lowest BCUT2D eigenvalue weighted by Crippen LogP contribution is -2.59. The summed E-state index contributed by atoms with van der Waals surface area (Å²) in [6.45, 7) is 3.31. The summed E-state index contributed by atoms with van der Waals surface area (Å²) in [5, 5.41) is 16.8. The van der Waals surface area contributed by atoms with E-state index in [9.17, 15) is 10.1 Å². The molecule has 2 bridgehead atoms. The van der Waals surface area contributed by atoms with Gasteiger partial charge in [-0.1, -0.05) is 0 Å². The molecule has 0 radical (unpaired) electrons. The van der Waals surface area contributed by atoms with Gasteiger partial charge >= 0.3 is 0 Å². The average molecular weight is 441 g/mol. The maximum atomic E-state index is 11.7. The number of aromatic nitrogens is 3. The number of ether oxygens (including phenoxy) is 1. The number of anilines is 1. The zero-order valence-corrected chi connectivity index (χ0v) is 18.4. The van der Waals surface area contributed by atoms with Crippen molar-refractivity contribution in [2.75, 3.05) is 18.1 Å². The molecule has 1 amide bonds. The molecule has 3 aliphatic rings. The van der Waals surface area contributed by atoms with Gasteiger partial charge < -0.3 is 15.0 Å². The van der Waals surface area contributed by atoms with Crippen LogP contribution in [0.1, 0.15) is 31.7 Å². The predicted molar refractivity (Wildman–Crippen MR) is 124 cm³/mol. The summed E-state index contributed by atoms with van der Waals surface area (Å²) in [7, 11) is 0. The Labute approximate surface area is 192 Å². The summed E-state index contributed by atoms with van der Waals surface area (Å²) in [5.41, 5.74) is 2.99. The number of terminal acetylenes is 1. The molecule has 3 aromatic heterocycles. The van der Waals surface area contributed by atoms with Crippen LogP contribution in [0.4, 0.5) is 5.82 Å². The van der Waals surface area contributed by atoms with Crippen LogP contribution >= 0.6 is 0 Å². The number of nitrogens with zero attached hydrogens (tertiary/aromatic N) is 5. The van der Waals surface area contributed by atoms with Crippen molar-refractivity contribution in [3.8, 4) is 35.3 Å². The molecule has 8 nitrogen and oxygen atoms in total.